The number of rotatable bonds is 7. The standard InChI is InChI=1S/C13H24N4O/c1-4-6-7-8-9-16(5-2)13-10-12(14)17(18)11(3)15-13/h10,14,18H,4-9H2,1-3H3. The molecule has 2 N–H and O–H groups in total. The van der Waals surface area contributed by atoms with Crippen molar-refractivity contribution in [2.45, 2.75) is 46.5 Å². The van der Waals surface area contributed by atoms with Crippen LogP contribution in [0.15, 0.2) is 6.07 Å². The van der Waals surface area contributed by atoms with Crippen molar-refractivity contribution in [2.75, 3.05) is 18.0 Å². The Morgan fingerprint density at radius 1 is 1.33 bits per heavy atom. The van der Waals surface area contributed by atoms with Gasteiger partial charge in [0.05, 0.1) is 0 Å². The molecule has 0 fully saturated rings. The summed E-state index contributed by atoms with van der Waals surface area (Å²) in [4.78, 5) is 6.48. The zero-order valence-corrected chi connectivity index (χ0v) is 11.6. The van der Waals surface area contributed by atoms with Gasteiger partial charge in [0, 0.05) is 19.2 Å². The molecule has 1 aromatic rings. The molecule has 0 aromatic carbocycles. The number of hydrogen-bond acceptors (Lipinski definition) is 4. The SMILES string of the molecule is CCCCCCN(CC)c1cc(=N)n(O)c(C)n1. The Morgan fingerprint density at radius 2 is 2.06 bits per heavy atom. The normalized spacial score (nSPS) is 10.6. The molecule has 0 aliphatic carbocycles. The first kappa shape index (κ1) is 14.5. The molecule has 0 amide bonds. The van der Waals surface area contributed by atoms with Gasteiger partial charge in [-0.25, -0.2) is 4.98 Å². The summed E-state index contributed by atoms with van der Waals surface area (Å²) in [5.41, 5.74) is 0.0736. The summed E-state index contributed by atoms with van der Waals surface area (Å²) in [6, 6.07) is 1.61. The van der Waals surface area contributed by atoms with E-state index in [4.69, 9.17) is 5.41 Å². The molecule has 1 aromatic heterocycles. The van der Waals surface area contributed by atoms with E-state index in [-0.39, 0.29) is 5.49 Å². The summed E-state index contributed by atoms with van der Waals surface area (Å²) in [7, 11) is 0. The summed E-state index contributed by atoms with van der Waals surface area (Å²) in [5, 5.41) is 17.1. The fourth-order valence-electron chi connectivity index (χ4n) is 1.93. The Bertz CT molecular complexity index is 427. The molecule has 0 aliphatic rings. The summed E-state index contributed by atoms with van der Waals surface area (Å²) in [6.07, 6.45) is 4.87. The van der Waals surface area contributed by atoms with Gasteiger partial charge in [-0.1, -0.05) is 26.2 Å². The lowest BCUT2D eigenvalue weighted by atomic mass is 10.2. The lowest BCUT2D eigenvalue weighted by Crippen LogP contribution is -2.29. The number of nitrogens with one attached hydrogen (secondary N) is 1. The van der Waals surface area contributed by atoms with Gasteiger partial charge in [0.2, 0.25) is 0 Å². The van der Waals surface area contributed by atoms with E-state index in [0.717, 1.165) is 30.1 Å². The van der Waals surface area contributed by atoms with E-state index in [1.807, 2.05) is 0 Å². The van der Waals surface area contributed by atoms with E-state index in [2.05, 4.69) is 23.7 Å². The molecule has 0 unspecified atom stereocenters. The second-order valence-corrected chi connectivity index (χ2v) is 4.50. The van der Waals surface area contributed by atoms with Gasteiger partial charge < -0.3 is 10.1 Å². The summed E-state index contributed by atoms with van der Waals surface area (Å²) in [5.74, 6) is 1.23. The minimum absolute atomic E-state index is 0.0736. The van der Waals surface area contributed by atoms with E-state index in [1.54, 1.807) is 13.0 Å². The first-order valence-electron chi connectivity index (χ1n) is 6.69. The lowest BCUT2D eigenvalue weighted by molar-refractivity contribution is 0.159. The molecule has 5 heteroatoms. The van der Waals surface area contributed by atoms with Crippen LogP contribution in [0, 0.1) is 12.3 Å². The number of aryl methyl sites for hydroxylation is 1. The second kappa shape index (κ2) is 7.03. The third-order valence-electron chi connectivity index (χ3n) is 3.06. The second-order valence-electron chi connectivity index (χ2n) is 4.50. The highest BCUT2D eigenvalue weighted by atomic mass is 16.5. The molecule has 0 atom stereocenters. The maximum absolute atomic E-state index is 9.48. The van der Waals surface area contributed by atoms with Gasteiger partial charge in [0.15, 0.2) is 5.49 Å². The molecular weight excluding hydrogens is 228 g/mol. The molecule has 1 rings (SSSR count). The largest absolute Gasteiger partial charge is 0.425 e. The molecule has 0 saturated carbocycles. The Labute approximate surface area is 109 Å². The van der Waals surface area contributed by atoms with Crippen molar-refractivity contribution < 1.29 is 5.21 Å². The van der Waals surface area contributed by atoms with Crippen LogP contribution in [-0.2, 0) is 0 Å². The summed E-state index contributed by atoms with van der Waals surface area (Å²) < 4.78 is 0.800. The number of unbranched alkanes of at least 4 members (excludes halogenated alkanes) is 3. The van der Waals surface area contributed by atoms with Gasteiger partial charge >= 0.3 is 0 Å². The molecule has 102 valence electrons. The first-order chi connectivity index (χ1) is 8.60. The third kappa shape index (κ3) is 3.75. The Morgan fingerprint density at radius 3 is 2.61 bits per heavy atom. The van der Waals surface area contributed by atoms with Crippen LogP contribution in [0.2, 0.25) is 0 Å². The van der Waals surface area contributed by atoms with Crippen LogP contribution in [0.4, 0.5) is 5.82 Å². The highest BCUT2D eigenvalue weighted by Crippen LogP contribution is 2.10. The predicted octanol–water partition coefficient (Wildman–Crippen LogP) is 2.31. The van der Waals surface area contributed by atoms with Crippen LogP contribution in [0.25, 0.3) is 0 Å². The summed E-state index contributed by atoms with van der Waals surface area (Å²) >= 11 is 0. The Hall–Kier alpha value is -1.52. The fraction of sp³-hybridized carbons (Fsp3) is 0.692. The fourth-order valence-corrected chi connectivity index (χ4v) is 1.93. The number of anilines is 1. The minimum Gasteiger partial charge on any atom is -0.425 e. The van der Waals surface area contributed by atoms with E-state index < -0.39 is 0 Å². The van der Waals surface area contributed by atoms with Crippen LogP contribution in [0.5, 0.6) is 0 Å². The van der Waals surface area contributed by atoms with E-state index in [0.29, 0.717) is 5.82 Å². The van der Waals surface area contributed by atoms with Gasteiger partial charge in [0.1, 0.15) is 11.6 Å². The topological polar surface area (TPSA) is 65.1 Å². The smallest absolute Gasteiger partial charge is 0.166 e. The highest BCUT2D eigenvalue weighted by Gasteiger charge is 2.08. The summed E-state index contributed by atoms with van der Waals surface area (Å²) in [6.45, 7) is 7.81. The molecule has 0 aliphatic heterocycles. The van der Waals surface area contributed by atoms with Gasteiger partial charge in [-0.3, -0.25) is 5.41 Å². The Balaban J connectivity index is 2.73. The van der Waals surface area contributed by atoms with Gasteiger partial charge in [-0.05, 0) is 20.3 Å². The zero-order valence-electron chi connectivity index (χ0n) is 11.6. The average molecular weight is 252 g/mol. The maximum atomic E-state index is 9.48. The van der Waals surface area contributed by atoms with Crippen molar-refractivity contribution >= 4 is 5.82 Å². The quantitative estimate of drug-likeness (QED) is 0.578. The predicted molar refractivity (Wildman–Crippen MR) is 72.0 cm³/mol. The monoisotopic (exact) mass is 252 g/mol. The van der Waals surface area contributed by atoms with Crippen LogP contribution < -0.4 is 10.4 Å². The number of hydrogen-bond donors (Lipinski definition) is 2. The molecule has 1 heterocycles. The number of nitrogens with zero attached hydrogens (tertiary/aromatic N) is 3. The van der Waals surface area contributed by atoms with Crippen LogP contribution >= 0.6 is 0 Å². The molecule has 5 nitrogen and oxygen atoms in total. The number of aromatic nitrogens is 2. The van der Waals surface area contributed by atoms with Crippen molar-refractivity contribution in [1.29, 1.82) is 5.41 Å². The molecule has 0 saturated heterocycles. The average Bonchev–Trinajstić information content (AvgIpc) is 2.35. The van der Waals surface area contributed by atoms with E-state index >= 15 is 0 Å². The van der Waals surface area contributed by atoms with Crippen molar-refractivity contribution in [3.63, 3.8) is 0 Å². The highest BCUT2D eigenvalue weighted by molar-refractivity contribution is 5.36. The van der Waals surface area contributed by atoms with Gasteiger partial charge in [-0.2, -0.15) is 4.73 Å². The third-order valence-corrected chi connectivity index (χ3v) is 3.06. The van der Waals surface area contributed by atoms with Crippen molar-refractivity contribution in [3.05, 3.63) is 17.4 Å². The van der Waals surface area contributed by atoms with Gasteiger partial charge in [-0.15, -0.1) is 0 Å². The van der Waals surface area contributed by atoms with Crippen LogP contribution in [-0.4, -0.2) is 28.0 Å². The molecule has 0 radical (unpaired) electrons. The van der Waals surface area contributed by atoms with Crippen LogP contribution in [0.1, 0.15) is 45.4 Å². The minimum atomic E-state index is 0.0736. The molecule has 18 heavy (non-hydrogen) atoms. The van der Waals surface area contributed by atoms with Crippen molar-refractivity contribution in [2.24, 2.45) is 0 Å². The maximum Gasteiger partial charge on any atom is 0.166 e. The molecular formula is C13H24N4O. The van der Waals surface area contributed by atoms with Crippen molar-refractivity contribution in [1.82, 2.24) is 9.71 Å². The lowest BCUT2D eigenvalue weighted by Gasteiger charge is -2.22. The first-order valence-corrected chi connectivity index (χ1v) is 6.69. The van der Waals surface area contributed by atoms with Crippen LogP contribution in [0.3, 0.4) is 0 Å². The molecule has 0 bridgehead atoms. The van der Waals surface area contributed by atoms with E-state index in [1.165, 1.54) is 19.3 Å². The van der Waals surface area contributed by atoms with Crippen molar-refractivity contribution in [3.8, 4) is 0 Å². The van der Waals surface area contributed by atoms with Gasteiger partial charge in [0.25, 0.3) is 0 Å². The zero-order chi connectivity index (χ0) is 13.5. The molecule has 0 spiro atoms. The van der Waals surface area contributed by atoms with E-state index in [9.17, 15) is 5.21 Å². The Kier molecular flexibility index (Phi) is 5.68.